The van der Waals surface area contributed by atoms with Crippen molar-refractivity contribution in [1.82, 2.24) is 10.2 Å². The summed E-state index contributed by atoms with van der Waals surface area (Å²) < 4.78 is 0. The van der Waals surface area contributed by atoms with Crippen LogP contribution in [0.2, 0.25) is 0 Å². The van der Waals surface area contributed by atoms with Crippen LogP contribution in [0.4, 0.5) is 0 Å². The average molecular weight is 186 g/mol. The molecule has 0 aromatic carbocycles. The second-order valence-electron chi connectivity index (χ2n) is 3.37. The van der Waals surface area contributed by atoms with E-state index in [1.807, 2.05) is 0 Å². The van der Waals surface area contributed by atoms with Crippen LogP contribution in [0, 0.1) is 0 Å². The summed E-state index contributed by atoms with van der Waals surface area (Å²) in [5, 5.41) is 4.14. The molecular formula is C9H18N2S. The highest BCUT2D eigenvalue weighted by Crippen LogP contribution is 2.15. The maximum absolute atomic E-state index is 5.26. The zero-order chi connectivity index (χ0) is 8.97. The minimum Gasteiger partial charge on any atom is -0.363 e. The Balaban J connectivity index is 2.42. The molecule has 0 amide bonds. The van der Waals surface area contributed by atoms with Crippen molar-refractivity contribution in [2.45, 2.75) is 39.2 Å². The van der Waals surface area contributed by atoms with Gasteiger partial charge in [-0.25, -0.2) is 0 Å². The lowest BCUT2D eigenvalue weighted by molar-refractivity contribution is 0.256. The Hall–Kier alpha value is -0.310. The molecular weight excluding hydrogens is 168 g/mol. The maximum Gasteiger partial charge on any atom is 0.169 e. The quantitative estimate of drug-likeness (QED) is 0.628. The molecule has 1 saturated heterocycles. The number of nitrogens with one attached hydrogen (secondary N) is 1. The van der Waals surface area contributed by atoms with Crippen molar-refractivity contribution in [3.05, 3.63) is 0 Å². The highest BCUT2D eigenvalue weighted by molar-refractivity contribution is 7.80. The average Bonchev–Trinajstić information content (AvgIpc) is 2.05. The predicted molar refractivity (Wildman–Crippen MR) is 56.3 cm³/mol. The van der Waals surface area contributed by atoms with Crippen molar-refractivity contribution in [3.8, 4) is 0 Å². The Morgan fingerprint density at radius 2 is 2.33 bits per heavy atom. The van der Waals surface area contributed by atoms with Gasteiger partial charge in [0.25, 0.3) is 0 Å². The standard InChI is InChI=1S/C9H18N2S/c1-3-10-9(12)11-7-5-4-6-8(11)2/h8H,3-7H2,1-2H3,(H,10,12). The van der Waals surface area contributed by atoms with Crippen LogP contribution in [0.5, 0.6) is 0 Å². The van der Waals surface area contributed by atoms with E-state index in [4.69, 9.17) is 12.2 Å². The van der Waals surface area contributed by atoms with Crippen LogP contribution >= 0.6 is 12.2 Å². The van der Waals surface area contributed by atoms with Crippen LogP contribution in [-0.4, -0.2) is 29.1 Å². The van der Waals surface area contributed by atoms with E-state index in [0.717, 1.165) is 18.2 Å². The summed E-state index contributed by atoms with van der Waals surface area (Å²) in [6, 6.07) is 0.630. The summed E-state index contributed by atoms with van der Waals surface area (Å²) in [7, 11) is 0. The summed E-state index contributed by atoms with van der Waals surface area (Å²) in [4.78, 5) is 2.31. The van der Waals surface area contributed by atoms with Crippen molar-refractivity contribution < 1.29 is 0 Å². The molecule has 1 atom stereocenters. The smallest absolute Gasteiger partial charge is 0.169 e. The van der Waals surface area contributed by atoms with Gasteiger partial charge in [0.05, 0.1) is 0 Å². The Labute approximate surface area is 80.3 Å². The van der Waals surface area contributed by atoms with Crippen molar-refractivity contribution >= 4 is 17.3 Å². The Morgan fingerprint density at radius 1 is 1.58 bits per heavy atom. The molecule has 1 aliphatic rings. The van der Waals surface area contributed by atoms with Crippen LogP contribution < -0.4 is 5.32 Å². The second kappa shape index (κ2) is 4.65. The van der Waals surface area contributed by atoms with Gasteiger partial charge in [0.1, 0.15) is 0 Å². The lowest BCUT2D eigenvalue weighted by Gasteiger charge is -2.35. The first-order chi connectivity index (χ1) is 5.75. The van der Waals surface area contributed by atoms with Crippen LogP contribution in [0.3, 0.4) is 0 Å². The van der Waals surface area contributed by atoms with Gasteiger partial charge in [0.15, 0.2) is 5.11 Å². The number of nitrogens with zero attached hydrogens (tertiary/aromatic N) is 1. The first-order valence-corrected chi connectivity index (χ1v) is 5.21. The van der Waals surface area contributed by atoms with Crippen molar-refractivity contribution in [3.63, 3.8) is 0 Å². The first kappa shape index (κ1) is 9.78. The minimum absolute atomic E-state index is 0.630. The summed E-state index contributed by atoms with van der Waals surface area (Å²) >= 11 is 5.26. The Kier molecular flexibility index (Phi) is 3.79. The van der Waals surface area contributed by atoms with Gasteiger partial charge in [-0.1, -0.05) is 0 Å². The summed E-state index contributed by atoms with van der Waals surface area (Å²) in [6.45, 7) is 6.40. The number of hydrogen-bond donors (Lipinski definition) is 1. The molecule has 1 unspecified atom stereocenters. The SMILES string of the molecule is CCNC(=S)N1CCCCC1C. The van der Waals surface area contributed by atoms with Crippen molar-refractivity contribution in [1.29, 1.82) is 0 Å². The molecule has 2 nitrogen and oxygen atoms in total. The van der Waals surface area contributed by atoms with E-state index in [2.05, 4.69) is 24.1 Å². The molecule has 1 N–H and O–H groups in total. The van der Waals surface area contributed by atoms with Gasteiger partial charge in [-0.05, 0) is 45.3 Å². The molecule has 0 aliphatic carbocycles. The van der Waals surface area contributed by atoms with E-state index in [9.17, 15) is 0 Å². The predicted octanol–water partition coefficient (Wildman–Crippen LogP) is 1.76. The monoisotopic (exact) mass is 186 g/mol. The fraction of sp³-hybridized carbons (Fsp3) is 0.889. The van der Waals surface area contributed by atoms with Crippen LogP contribution in [0.15, 0.2) is 0 Å². The maximum atomic E-state index is 5.26. The molecule has 12 heavy (non-hydrogen) atoms. The highest BCUT2D eigenvalue weighted by atomic mass is 32.1. The molecule has 0 aromatic heterocycles. The number of likely N-dealkylation sites (tertiary alicyclic amines) is 1. The third-order valence-corrected chi connectivity index (χ3v) is 2.77. The highest BCUT2D eigenvalue weighted by Gasteiger charge is 2.19. The van der Waals surface area contributed by atoms with Gasteiger partial charge in [0, 0.05) is 19.1 Å². The number of hydrogen-bond acceptors (Lipinski definition) is 1. The van der Waals surface area contributed by atoms with Gasteiger partial charge in [0.2, 0.25) is 0 Å². The molecule has 3 heteroatoms. The van der Waals surface area contributed by atoms with E-state index in [0.29, 0.717) is 6.04 Å². The first-order valence-electron chi connectivity index (χ1n) is 4.80. The molecule has 0 radical (unpaired) electrons. The molecule has 0 saturated carbocycles. The van der Waals surface area contributed by atoms with Crippen molar-refractivity contribution in [2.75, 3.05) is 13.1 Å². The third-order valence-electron chi connectivity index (χ3n) is 2.39. The largest absolute Gasteiger partial charge is 0.363 e. The molecule has 1 fully saturated rings. The van der Waals surface area contributed by atoms with Gasteiger partial charge < -0.3 is 10.2 Å². The third kappa shape index (κ3) is 2.34. The molecule has 70 valence electrons. The van der Waals surface area contributed by atoms with Gasteiger partial charge in [-0.15, -0.1) is 0 Å². The topological polar surface area (TPSA) is 15.3 Å². The number of piperidine rings is 1. The minimum atomic E-state index is 0.630. The zero-order valence-electron chi connectivity index (χ0n) is 7.97. The van der Waals surface area contributed by atoms with Crippen LogP contribution in [-0.2, 0) is 0 Å². The van der Waals surface area contributed by atoms with Gasteiger partial charge >= 0.3 is 0 Å². The Morgan fingerprint density at radius 3 is 2.92 bits per heavy atom. The normalized spacial score (nSPS) is 23.8. The van der Waals surface area contributed by atoms with Crippen molar-refractivity contribution in [2.24, 2.45) is 0 Å². The fourth-order valence-corrected chi connectivity index (χ4v) is 2.07. The Bertz CT molecular complexity index is 159. The van der Waals surface area contributed by atoms with E-state index in [1.54, 1.807) is 0 Å². The van der Waals surface area contributed by atoms with Gasteiger partial charge in [-0.3, -0.25) is 0 Å². The lowest BCUT2D eigenvalue weighted by Crippen LogP contribution is -2.47. The van der Waals surface area contributed by atoms with E-state index >= 15 is 0 Å². The molecule has 1 aliphatic heterocycles. The van der Waals surface area contributed by atoms with Crippen LogP contribution in [0.1, 0.15) is 33.1 Å². The molecule has 0 spiro atoms. The number of rotatable bonds is 1. The van der Waals surface area contributed by atoms with Crippen LogP contribution in [0.25, 0.3) is 0 Å². The van der Waals surface area contributed by atoms with E-state index < -0.39 is 0 Å². The zero-order valence-corrected chi connectivity index (χ0v) is 8.78. The lowest BCUT2D eigenvalue weighted by atomic mass is 10.0. The van der Waals surface area contributed by atoms with E-state index in [1.165, 1.54) is 19.3 Å². The fourth-order valence-electron chi connectivity index (χ4n) is 1.65. The number of thiocarbonyl (C=S) groups is 1. The summed E-state index contributed by atoms with van der Waals surface area (Å²) in [5.74, 6) is 0. The van der Waals surface area contributed by atoms with E-state index in [-0.39, 0.29) is 0 Å². The molecule has 0 aromatic rings. The molecule has 0 bridgehead atoms. The molecule has 1 heterocycles. The molecule has 1 rings (SSSR count). The second-order valence-corrected chi connectivity index (χ2v) is 3.76. The van der Waals surface area contributed by atoms with Gasteiger partial charge in [-0.2, -0.15) is 0 Å². The summed E-state index contributed by atoms with van der Waals surface area (Å²) in [5.41, 5.74) is 0. The summed E-state index contributed by atoms with van der Waals surface area (Å²) in [6.07, 6.45) is 3.92.